The van der Waals surface area contributed by atoms with E-state index in [0.717, 1.165) is 34.9 Å². The number of sulfonamides is 1. The summed E-state index contributed by atoms with van der Waals surface area (Å²) in [5, 5.41) is 0. The SMILES string of the molecule is COc1ccc(S(=O)(=O)N(C(=O)C2CCCCC2)c2ccc3oc(=O)sc3c2)cc1OC. The van der Waals surface area contributed by atoms with Gasteiger partial charge < -0.3 is 13.9 Å². The largest absolute Gasteiger partial charge is 0.493 e. The third-order valence-electron chi connectivity index (χ3n) is 5.60. The average molecular weight is 478 g/mol. The molecule has 0 saturated heterocycles. The Bertz CT molecular complexity index is 1300. The van der Waals surface area contributed by atoms with Gasteiger partial charge in [-0.1, -0.05) is 30.6 Å². The molecule has 0 atom stereocenters. The van der Waals surface area contributed by atoms with Gasteiger partial charge in [-0.05, 0) is 43.2 Å². The van der Waals surface area contributed by atoms with Crippen LogP contribution in [-0.2, 0) is 14.8 Å². The van der Waals surface area contributed by atoms with Gasteiger partial charge in [-0.15, -0.1) is 0 Å². The molecule has 1 aromatic heterocycles. The highest BCUT2D eigenvalue weighted by atomic mass is 32.2. The number of carbonyl (C=O) groups excluding carboxylic acids is 1. The molecule has 4 rings (SSSR count). The van der Waals surface area contributed by atoms with E-state index in [9.17, 15) is 18.0 Å². The van der Waals surface area contributed by atoms with Crippen molar-refractivity contribution in [3.05, 3.63) is 46.1 Å². The van der Waals surface area contributed by atoms with Gasteiger partial charge in [0.1, 0.15) is 5.58 Å². The second-order valence-electron chi connectivity index (χ2n) is 7.54. The van der Waals surface area contributed by atoms with E-state index in [1.807, 2.05) is 0 Å². The molecule has 3 aromatic rings. The molecule has 0 aliphatic heterocycles. The lowest BCUT2D eigenvalue weighted by Gasteiger charge is -2.29. The molecule has 0 unspecified atom stereocenters. The fourth-order valence-electron chi connectivity index (χ4n) is 3.97. The highest BCUT2D eigenvalue weighted by Gasteiger charge is 2.36. The number of carbonyl (C=O) groups is 1. The van der Waals surface area contributed by atoms with Crippen molar-refractivity contribution in [2.75, 3.05) is 18.5 Å². The second kappa shape index (κ2) is 8.95. The Morgan fingerprint density at radius 1 is 1.03 bits per heavy atom. The Balaban J connectivity index is 1.85. The number of hydrogen-bond acceptors (Lipinski definition) is 8. The van der Waals surface area contributed by atoms with Gasteiger partial charge in [0.05, 0.1) is 29.5 Å². The Labute approximate surface area is 189 Å². The van der Waals surface area contributed by atoms with E-state index in [1.54, 1.807) is 0 Å². The summed E-state index contributed by atoms with van der Waals surface area (Å²) < 4.78 is 44.4. The van der Waals surface area contributed by atoms with Gasteiger partial charge in [0.2, 0.25) is 5.91 Å². The molecule has 1 amide bonds. The van der Waals surface area contributed by atoms with E-state index in [4.69, 9.17) is 13.9 Å². The Morgan fingerprint density at radius 2 is 1.75 bits per heavy atom. The van der Waals surface area contributed by atoms with Crippen LogP contribution < -0.4 is 18.7 Å². The monoisotopic (exact) mass is 477 g/mol. The molecule has 1 fully saturated rings. The number of rotatable bonds is 6. The van der Waals surface area contributed by atoms with Crippen LogP contribution in [0.25, 0.3) is 10.3 Å². The molecular formula is C22H23NO7S2. The highest BCUT2D eigenvalue weighted by molar-refractivity contribution is 7.93. The predicted molar refractivity (Wildman–Crippen MR) is 121 cm³/mol. The first-order chi connectivity index (χ1) is 15.3. The zero-order valence-corrected chi connectivity index (χ0v) is 19.3. The second-order valence-corrected chi connectivity index (χ2v) is 10.3. The maximum Gasteiger partial charge on any atom is 0.396 e. The Kier molecular flexibility index (Phi) is 6.25. The molecular weight excluding hydrogens is 454 g/mol. The summed E-state index contributed by atoms with van der Waals surface area (Å²) in [5.74, 6) is -0.254. The summed E-state index contributed by atoms with van der Waals surface area (Å²) in [5.41, 5.74) is 0.511. The van der Waals surface area contributed by atoms with Crippen LogP contribution >= 0.6 is 11.3 Å². The fourth-order valence-corrected chi connectivity index (χ4v) is 6.15. The van der Waals surface area contributed by atoms with Crippen LogP contribution in [0.2, 0.25) is 0 Å². The van der Waals surface area contributed by atoms with Crippen LogP contribution in [0, 0.1) is 5.92 Å². The van der Waals surface area contributed by atoms with Crippen molar-refractivity contribution in [2.45, 2.75) is 37.0 Å². The standard InChI is InChI=1S/C22H23NO7S2/c1-28-17-11-9-16(13-19(17)29-2)32(26,27)23(21(24)14-6-4-3-5-7-14)15-8-10-18-20(12-15)31-22(25)30-18/h8-14H,3-7H2,1-2H3. The first kappa shape index (κ1) is 22.3. The molecule has 1 saturated carbocycles. The summed E-state index contributed by atoms with van der Waals surface area (Å²) in [6.45, 7) is 0. The summed E-state index contributed by atoms with van der Waals surface area (Å²) in [6, 6.07) is 8.70. The van der Waals surface area contributed by atoms with Crippen molar-refractivity contribution < 1.29 is 27.1 Å². The van der Waals surface area contributed by atoms with Gasteiger partial charge in [-0.3, -0.25) is 4.79 Å². The number of anilines is 1. The van der Waals surface area contributed by atoms with Crippen LogP contribution in [0.15, 0.2) is 50.5 Å². The van der Waals surface area contributed by atoms with Gasteiger partial charge in [-0.25, -0.2) is 17.5 Å². The van der Waals surface area contributed by atoms with E-state index in [-0.39, 0.29) is 16.3 Å². The molecule has 0 bridgehead atoms. The lowest BCUT2D eigenvalue weighted by molar-refractivity contribution is -0.122. The van der Waals surface area contributed by atoms with Crippen LogP contribution in [0.4, 0.5) is 5.69 Å². The van der Waals surface area contributed by atoms with E-state index in [2.05, 4.69) is 0 Å². The quantitative estimate of drug-likeness (QED) is 0.525. The van der Waals surface area contributed by atoms with Crippen molar-refractivity contribution in [3.63, 3.8) is 0 Å². The third-order valence-corrected chi connectivity index (χ3v) is 8.11. The van der Waals surface area contributed by atoms with E-state index < -0.39 is 26.8 Å². The molecule has 0 N–H and O–H groups in total. The van der Waals surface area contributed by atoms with Crippen LogP contribution in [-0.4, -0.2) is 28.5 Å². The predicted octanol–water partition coefficient (Wildman–Crippen LogP) is 4.17. The molecule has 10 heteroatoms. The van der Waals surface area contributed by atoms with Gasteiger partial charge in [0, 0.05) is 12.0 Å². The minimum atomic E-state index is -4.28. The van der Waals surface area contributed by atoms with E-state index in [0.29, 0.717) is 28.9 Å². The number of nitrogens with zero attached hydrogens (tertiary/aromatic N) is 1. The highest BCUT2D eigenvalue weighted by Crippen LogP contribution is 2.36. The lowest BCUT2D eigenvalue weighted by Crippen LogP contribution is -2.41. The van der Waals surface area contributed by atoms with Crippen molar-refractivity contribution in [1.29, 1.82) is 0 Å². The first-order valence-corrected chi connectivity index (χ1v) is 12.5. The summed E-state index contributed by atoms with van der Waals surface area (Å²) in [7, 11) is -1.41. The van der Waals surface area contributed by atoms with Crippen LogP contribution in [0.5, 0.6) is 11.5 Å². The zero-order chi connectivity index (χ0) is 22.9. The van der Waals surface area contributed by atoms with E-state index >= 15 is 0 Å². The zero-order valence-electron chi connectivity index (χ0n) is 17.7. The van der Waals surface area contributed by atoms with Gasteiger partial charge in [0.15, 0.2) is 11.5 Å². The smallest absolute Gasteiger partial charge is 0.396 e. The maximum atomic E-state index is 13.8. The summed E-state index contributed by atoms with van der Waals surface area (Å²) in [4.78, 5) is 24.6. The molecule has 32 heavy (non-hydrogen) atoms. The minimum Gasteiger partial charge on any atom is -0.493 e. The number of hydrogen-bond donors (Lipinski definition) is 0. The number of methoxy groups -OCH3 is 2. The maximum absolute atomic E-state index is 13.8. The van der Waals surface area contributed by atoms with Crippen molar-refractivity contribution >= 4 is 43.2 Å². The van der Waals surface area contributed by atoms with Gasteiger partial charge in [-0.2, -0.15) is 0 Å². The number of benzene rings is 2. The van der Waals surface area contributed by atoms with Crippen LogP contribution in [0.3, 0.4) is 0 Å². The van der Waals surface area contributed by atoms with Crippen molar-refractivity contribution in [3.8, 4) is 11.5 Å². The number of ether oxygens (including phenoxy) is 2. The minimum absolute atomic E-state index is 0.0974. The fraction of sp³-hybridized carbons (Fsp3) is 0.364. The summed E-state index contributed by atoms with van der Waals surface area (Å²) >= 11 is 0.857. The molecule has 170 valence electrons. The Hall–Kier alpha value is -2.85. The molecule has 1 aliphatic rings. The lowest BCUT2D eigenvalue weighted by atomic mass is 9.88. The molecule has 8 nitrogen and oxygen atoms in total. The van der Waals surface area contributed by atoms with Crippen molar-refractivity contribution in [1.82, 2.24) is 0 Å². The van der Waals surface area contributed by atoms with Crippen molar-refractivity contribution in [2.24, 2.45) is 5.92 Å². The molecule has 2 aromatic carbocycles. The molecule has 1 aliphatic carbocycles. The number of amides is 1. The summed E-state index contributed by atoms with van der Waals surface area (Å²) in [6.07, 6.45) is 4.06. The number of fused-ring (bicyclic) bond motifs is 1. The third kappa shape index (κ3) is 4.12. The van der Waals surface area contributed by atoms with Gasteiger partial charge >= 0.3 is 4.94 Å². The normalized spacial score (nSPS) is 14.9. The first-order valence-electron chi connectivity index (χ1n) is 10.2. The molecule has 0 radical (unpaired) electrons. The van der Waals surface area contributed by atoms with E-state index in [1.165, 1.54) is 50.6 Å². The average Bonchev–Trinajstić information content (AvgIpc) is 3.18. The Morgan fingerprint density at radius 3 is 2.44 bits per heavy atom. The van der Waals surface area contributed by atoms with Crippen LogP contribution in [0.1, 0.15) is 32.1 Å². The topological polar surface area (TPSA) is 103 Å². The van der Waals surface area contributed by atoms with Gasteiger partial charge in [0.25, 0.3) is 10.0 Å². The molecule has 1 heterocycles. The molecule has 0 spiro atoms.